The van der Waals surface area contributed by atoms with Gasteiger partial charge in [-0.15, -0.1) is 0 Å². The first-order valence-corrected chi connectivity index (χ1v) is 9.98. The predicted octanol–water partition coefficient (Wildman–Crippen LogP) is 2.94. The molecule has 1 N–H and O–H groups in total. The van der Waals surface area contributed by atoms with E-state index in [0.29, 0.717) is 22.7 Å². The van der Waals surface area contributed by atoms with Gasteiger partial charge in [0, 0.05) is 13.2 Å². The molecular weight excluding hydrogens is 374 g/mol. The van der Waals surface area contributed by atoms with Gasteiger partial charge in [0.1, 0.15) is 0 Å². The summed E-state index contributed by atoms with van der Waals surface area (Å²) in [6.45, 7) is 4.31. The van der Waals surface area contributed by atoms with E-state index in [2.05, 4.69) is 10.3 Å². The van der Waals surface area contributed by atoms with Crippen LogP contribution in [0.15, 0.2) is 58.5 Å². The molecule has 1 aromatic heterocycles. The Morgan fingerprint density at radius 3 is 2.64 bits per heavy atom. The molecule has 0 fully saturated rings. The number of hydrogen-bond donors (Lipinski definition) is 1. The highest BCUT2D eigenvalue weighted by Gasteiger charge is 2.15. The Balaban J connectivity index is 1.96. The summed E-state index contributed by atoms with van der Waals surface area (Å²) in [4.78, 5) is 30.0. The lowest BCUT2D eigenvalue weighted by atomic mass is 10.2. The molecule has 0 saturated heterocycles. The monoisotopic (exact) mass is 397 g/mol. The van der Waals surface area contributed by atoms with E-state index in [1.54, 1.807) is 23.8 Å². The maximum atomic E-state index is 13.1. The molecule has 3 aromatic rings. The topological polar surface area (TPSA) is 73.2 Å². The molecule has 1 unspecified atom stereocenters. The van der Waals surface area contributed by atoms with Gasteiger partial charge < -0.3 is 10.1 Å². The fraction of sp³-hybridized carbons (Fsp3) is 0.286. The van der Waals surface area contributed by atoms with Crippen LogP contribution in [0.25, 0.3) is 16.6 Å². The van der Waals surface area contributed by atoms with Crippen LogP contribution in [-0.2, 0) is 9.53 Å². The third-order valence-corrected chi connectivity index (χ3v) is 5.13. The van der Waals surface area contributed by atoms with Crippen LogP contribution in [0.2, 0.25) is 0 Å². The van der Waals surface area contributed by atoms with Crippen LogP contribution in [-0.4, -0.2) is 41.0 Å². The van der Waals surface area contributed by atoms with Crippen molar-refractivity contribution < 1.29 is 9.53 Å². The van der Waals surface area contributed by atoms with Crippen LogP contribution in [0.1, 0.15) is 12.5 Å². The van der Waals surface area contributed by atoms with Gasteiger partial charge in [-0.1, -0.05) is 41.6 Å². The summed E-state index contributed by atoms with van der Waals surface area (Å²) in [7, 11) is 1.59. The molecule has 1 atom stereocenters. The highest BCUT2D eigenvalue weighted by atomic mass is 32.2. The third kappa shape index (κ3) is 4.61. The molecule has 146 valence electrons. The fourth-order valence-electron chi connectivity index (χ4n) is 2.87. The van der Waals surface area contributed by atoms with Crippen molar-refractivity contribution in [2.24, 2.45) is 0 Å². The lowest BCUT2D eigenvalue weighted by Crippen LogP contribution is -2.36. The van der Waals surface area contributed by atoms with Crippen molar-refractivity contribution in [2.75, 3.05) is 19.5 Å². The molecule has 0 bridgehead atoms. The standard InChI is InChI=1S/C21H23N3O3S/c1-14-8-10-16(11-9-14)24-20(26)17-6-4-5-7-18(17)23-21(24)28-13-19(25)22-15(2)12-27-3/h4-11,15H,12-13H2,1-3H3,(H,22,25). The smallest absolute Gasteiger partial charge is 0.266 e. The Morgan fingerprint density at radius 1 is 1.21 bits per heavy atom. The van der Waals surface area contributed by atoms with Crippen molar-refractivity contribution in [3.8, 4) is 5.69 Å². The van der Waals surface area contributed by atoms with Crippen molar-refractivity contribution in [2.45, 2.75) is 25.0 Å². The number of hydrogen-bond acceptors (Lipinski definition) is 5. The van der Waals surface area contributed by atoms with E-state index in [-0.39, 0.29) is 23.3 Å². The second-order valence-corrected chi connectivity index (χ2v) is 7.54. The number of amides is 1. The summed E-state index contributed by atoms with van der Waals surface area (Å²) in [5.74, 6) is 0.0254. The lowest BCUT2D eigenvalue weighted by Gasteiger charge is -2.15. The minimum Gasteiger partial charge on any atom is -0.383 e. The number of carbonyl (C=O) groups is 1. The molecule has 28 heavy (non-hydrogen) atoms. The quantitative estimate of drug-likeness (QED) is 0.490. The molecule has 0 aliphatic rings. The van der Waals surface area contributed by atoms with E-state index in [9.17, 15) is 9.59 Å². The fourth-order valence-corrected chi connectivity index (χ4v) is 3.69. The first kappa shape index (κ1) is 20.1. The molecule has 1 amide bonds. The third-order valence-electron chi connectivity index (χ3n) is 4.19. The number of ether oxygens (including phenoxy) is 1. The van der Waals surface area contributed by atoms with Crippen LogP contribution in [0, 0.1) is 6.92 Å². The van der Waals surface area contributed by atoms with Gasteiger partial charge in [0.25, 0.3) is 5.56 Å². The number of aryl methyl sites for hydroxylation is 1. The predicted molar refractivity (Wildman–Crippen MR) is 112 cm³/mol. The van der Waals surface area contributed by atoms with E-state index in [1.807, 2.05) is 50.2 Å². The molecule has 1 heterocycles. The Labute approximate surface area is 167 Å². The van der Waals surface area contributed by atoms with Gasteiger partial charge >= 0.3 is 0 Å². The van der Waals surface area contributed by atoms with Crippen molar-refractivity contribution in [3.63, 3.8) is 0 Å². The highest BCUT2D eigenvalue weighted by molar-refractivity contribution is 7.99. The van der Waals surface area contributed by atoms with Crippen LogP contribution >= 0.6 is 11.8 Å². The van der Waals surface area contributed by atoms with Gasteiger partial charge in [-0.3, -0.25) is 14.2 Å². The van der Waals surface area contributed by atoms with E-state index in [1.165, 1.54) is 11.8 Å². The lowest BCUT2D eigenvalue weighted by molar-refractivity contribution is -0.119. The SMILES string of the molecule is COCC(C)NC(=O)CSc1nc2ccccc2c(=O)n1-c1ccc(C)cc1. The number of fused-ring (bicyclic) bond motifs is 1. The van der Waals surface area contributed by atoms with E-state index >= 15 is 0 Å². The Bertz CT molecular complexity index is 1030. The molecule has 3 rings (SSSR count). The Kier molecular flexibility index (Phi) is 6.49. The summed E-state index contributed by atoms with van der Waals surface area (Å²) in [6, 6.07) is 14.8. The summed E-state index contributed by atoms with van der Waals surface area (Å²) >= 11 is 1.24. The van der Waals surface area contributed by atoms with Gasteiger partial charge in [0.05, 0.1) is 29.0 Å². The van der Waals surface area contributed by atoms with Gasteiger partial charge in [-0.05, 0) is 38.1 Å². The maximum Gasteiger partial charge on any atom is 0.266 e. The van der Waals surface area contributed by atoms with Crippen molar-refractivity contribution in [1.29, 1.82) is 0 Å². The number of benzene rings is 2. The molecule has 0 radical (unpaired) electrons. The summed E-state index contributed by atoms with van der Waals surface area (Å²) in [5, 5.41) is 3.90. The number of carbonyl (C=O) groups excluding carboxylic acids is 1. The van der Waals surface area contributed by atoms with E-state index < -0.39 is 0 Å². The Morgan fingerprint density at radius 2 is 1.93 bits per heavy atom. The molecule has 6 nitrogen and oxygen atoms in total. The normalized spacial score (nSPS) is 12.1. The Hall–Kier alpha value is -2.64. The zero-order valence-electron chi connectivity index (χ0n) is 16.1. The van der Waals surface area contributed by atoms with Gasteiger partial charge in [-0.2, -0.15) is 0 Å². The molecular formula is C21H23N3O3S. The number of thioether (sulfide) groups is 1. The first-order chi connectivity index (χ1) is 13.5. The van der Waals surface area contributed by atoms with Crippen molar-refractivity contribution in [1.82, 2.24) is 14.9 Å². The van der Waals surface area contributed by atoms with Gasteiger partial charge in [-0.25, -0.2) is 4.98 Å². The number of methoxy groups -OCH3 is 1. The highest BCUT2D eigenvalue weighted by Crippen LogP contribution is 2.21. The number of nitrogens with one attached hydrogen (secondary N) is 1. The number of para-hydroxylation sites is 1. The number of rotatable bonds is 7. The second kappa shape index (κ2) is 9.03. The summed E-state index contributed by atoms with van der Waals surface area (Å²) in [5.41, 5.74) is 2.30. The number of aromatic nitrogens is 2. The van der Waals surface area contributed by atoms with E-state index in [0.717, 1.165) is 11.3 Å². The average molecular weight is 398 g/mol. The average Bonchev–Trinajstić information content (AvgIpc) is 2.68. The van der Waals surface area contributed by atoms with Crippen molar-refractivity contribution in [3.05, 3.63) is 64.4 Å². The minimum atomic E-state index is -0.148. The van der Waals surface area contributed by atoms with E-state index in [4.69, 9.17) is 4.74 Å². The minimum absolute atomic E-state index is 0.0815. The van der Waals surface area contributed by atoms with Crippen LogP contribution in [0.5, 0.6) is 0 Å². The molecule has 7 heteroatoms. The van der Waals surface area contributed by atoms with Gasteiger partial charge in [0.15, 0.2) is 5.16 Å². The summed E-state index contributed by atoms with van der Waals surface area (Å²) < 4.78 is 6.61. The van der Waals surface area contributed by atoms with Crippen LogP contribution in [0.4, 0.5) is 0 Å². The van der Waals surface area contributed by atoms with Crippen LogP contribution in [0.3, 0.4) is 0 Å². The van der Waals surface area contributed by atoms with Crippen molar-refractivity contribution >= 4 is 28.6 Å². The van der Waals surface area contributed by atoms with Crippen LogP contribution < -0.4 is 10.9 Å². The molecule has 0 saturated carbocycles. The molecule has 2 aromatic carbocycles. The second-order valence-electron chi connectivity index (χ2n) is 6.60. The zero-order chi connectivity index (χ0) is 20.1. The maximum absolute atomic E-state index is 13.1. The largest absolute Gasteiger partial charge is 0.383 e. The first-order valence-electron chi connectivity index (χ1n) is 8.99. The molecule has 0 aliphatic heterocycles. The molecule has 0 spiro atoms. The van der Waals surface area contributed by atoms with Gasteiger partial charge in [0.2, 0.25) is 5.91 Å². The summed E-state index contributed by atoms with van der Waals surface area (Å²) in [6.07, 6.45) is 0. The molecule has 0 aliphatic carbocycles. The number of nitrogens with zero attached hydrogens (tertiary/aromatic N) is 2. The zero-order valence-corrected chi connectivity index (χ0v) is 17.0.